The fraction of sp³-hybridized carbons (Fsp3) is 0.0833. The van der Waals surface area contributed by atoms with Crippen LogP contribution in [0.4, 0.5) is 14.5 Å². The zero-order valence-corrected chi connectivity index (χ0v) is 10.3. The zero-order chi connectivity index (χ0) is 12.3. The summed E-state index contributed by atoms with van der Waals surface area (Å²) in [5.41, 5.74) is 0.881. The van der Waals surface area contributed by atoms with E-state index in [-0.39, 0.29) is 10.2 Å². The molecule has 0 spiro atoms. The second kappa shape index (κ2) is 5.23. The van der Waals surface area contributed by atoms with Gasteiger partial charge in [0, 0.05) is 12.3 Å². The molecule has 1 heterocycles. The molecule has 2 aromatic rings. The minimum absolute atomic E-state index is 0.110. The van der Waals surface area contributed by atoms with Gasteiger partial charge in [0.05, 0.1) is 22.4 Å². The highest BCUT2D eigenvalue weighted by Gasteiger charge is 2.07. The summed E-state index contributed by atoms with van der Waals surface area (Å²) in [6.07, 6.45) is 1.65. The minimum Gasteiger partial charge on any atom is -0.377 e. The van der Waals surface area contributed by atoms with E-state index in [1.807, 2.05) is 6.07 Å². The lowest BCUT2D eigenvalue weighted by Gasteiger charge is -2.08. The van der Waals surface area contributed by atoms with Crippen LogP contribution in [0, 0.1) is 11.6 Å². The predicted molar refractivity (Wildman–Crippen MR) is 65.6 cm³/mol. The summed E-state index contributed by atoms with van der Waals surface area (Å²) >= 11 is 2.92. The molecule has 0 amide bonds. The standard InChI is InChI=1S/C12H9BrF2N2/c13-9-5-11(15)12(6-10(9)14)17-7-8-3-1-2-4-16-8/h1-6,17H,7H2. The Morgan fingerprint density at radius 1 is 1.18 bits per heavy atom. The molecule has 2 rings (SSSR count). The molecule has 5 heteroatoms. The Bertz CT molecular complexity index is 517. The van der Waals surface area contributed by atoms with Crippen molar-refractivity contribution in [3.8, 4) is 0 Å². The molecular formula is C12H9BrF2N2. The molecule has 0 aliphatic carbocycles. The van der Waals surface area contributed by atoms with E-state index in [0.29, 0.717) is 6.54 Å². The number of nitrogens with zero attached hydrogens (tertiary/aromatic N) is 1. The Morgan fingerprint density at radius 3 is 2.71 bits per heavy atom. The van der Waals surface area contributed by atoms with Gasteiger partial charge < -0.3 is 5.32 Å². The Kier molecular flexibility index (Phi) is 3.68. The smallest absolute Gasteiger partial charge is 0.147 e. The monoisotopic (exact) mass is 298 g/mol. The van der Waals surface area contributed by atoms with E-state index < -0.39 is 11.6 Å². The number of hydrogen-bond acceptors (Lipinski definition) is 2. The molecule has 0 radical (unpaired) electrons. The van der Waals surface area contributed by atoms with Gasteiger partial charge in [0.25, 0.3) is 0 Å². The molecule has 0 bridgehead atoms. The van der Waals surface area contributed by atoms with Crippen molar-refractivity contribution in [1.29, 1.82) is 0 Å². The second-order valence-corrected chi connectivity index (χ2v) is 4.28. The average molecular weight is 299 g/mol. The number of pyridine rings is 1. The normalized spacial score (nSPS) is 10.3. The maximum absolute atomic E-state index is 13.5. The molecule has 88 valence electrons. The first-order valence-corrected chi connectivity index (χ1v) is 5.74. The van der Waals surface area contributed by atoms with Crippen LogP contribution < -0.4 is 5.32 Å². The van der Waals surface area contributed by atoms with Crippen LogP contribution in [0.3, 0.4) is 0 Å². The molecule has 1 aromatic heterocycles. The number of nitrogens with one attached hydrogen (secondary N) is 1. The molecule has 17 heavy (non-hydrogen) atoms. The second-order valence-electron chi connectivity index (χ2n) is 3.42. The first-order valence-electron chi connectivity index (χ1n) is 4.95. The van der Waals surface area contributed by atoms with Crippen LogP contribution in [-0.2, 0) is 6.54 Å². The molecule has 1 N–H and O–H groups in total. The van der Waals surface area contributed by atoms with Gasteiger partial charge in [0.1, 0.15) is 11.6 Å². The first-order chi connectivity index (χ1) is 8.16. The third kappa shape index (κ3) is 3.00. The van der Waals surface area contributed by atoms with Crippen LogP contribution in [0.25, 0.3) is 0 Å². The van der Waals surface area contributed by atoms with Gasteiger partial charge in [-0.25, -0.2) is 8.78 Å². The molecular weight excluding hydrogens is 290 g/mol. The van der Waals surface area contributed by atoms with Crippen molar-refractivity contribution in [2.45, 2.75) is 6.54 Å². The maximum atomic E-state index is 13.5. The van der Waals surface area contributed by atoms with E-state index in [2.05, 4.69) is 26.2 Å². The minimum atomic E-state index is -0.505. The average Bonchev–Trinajstić information content (AvgIpc) is 2.33. The summed E-state index contributed by atoms with van der Waals surface area (Å²) in [5, 5.41) is 2.80. The highest BCUT2D eigenvalue weighted by atomic mass is 79.9. The third-order valence-electron chi connectivity index (χ3n) is 2.20. The van der Waals surface area contributed by atoms with E-state index in [1.54, 1.807) is 18.3 Å². The molecule has 0 atom stereocenters. The lowest BCUT2D eigenvalue weighted by atomic mass is 10.3. The number of anilines is 1. The maximum Gasteiger partial charge on any atom is 0.147 e. The van der Waals surface area contributed by atoms with Crippen LogP contribution in [0.2, 0.25) is 0 Å². The summed E-state index contributed by atoms with van der Waals surface area (Å²) < 4.78 is 26.8. The molecule has 0 saturated heterocycles. The van der Waals surface area contributed by atoms with Crippen molar-refractivity contribution < 1.29 is 8.78 Å². The van der Waals surface area contributed by atoms with E-state index in [4.69, 9.17) is 0 Å². The quantitative estimate of drug-likeness (QED) is 0.873. The summed E-state index contributed by atoms with van der Waals surface area (Å²) in [7, 11) is 0. The number of aromatic nitrogens is 1. The van der Waals surface area contributed by atoms with Gasteiger partial charge in [0.15, 0.2) is 0 Å². The zero-order valence-electron chi connectivity index (χ0n) is 8.75. The molecule has 0 fully saturated rings. The van der Waals surface area contributed by atoms with Gasteiger partial charge in [-0.05, 0) is 34.1 Å². The largest absolute Gasteiger partial charge is 0.377 e. The van der Waals surface area contributed by atoms with Crippen LogP contribution in [0.1, 0.15) is 5.69 Å². The van der Waals surface area contributed by atoms with Crippen molar-refractivity contribution in [3.63, 3.8) is 0 Å². The van der Waals surface area contributed by atoms with Gasteiger partial charge in [-0.1, -0.05) is 6.07 Å². The van der Waals surface area contributed by atoms with E-state index in [1.165, 1.54) is 0 Å². The SMILES string of the molecule is Fc1cc(NCc2ccccn2)c(F)cc1Br. The van der Waals surface area contributed by atoms with E-state index in [0.717, 1.165) is 17.8 Å². The van der Waals surface area contributed by atoms with Crippen molar-refractivity contribution in [2.75, 3.05) is 5.32 Å². The van der Waals surface area contributed by atoms with Gasteiger partial charge in [-0.15, -0.1) is 0 Å². The molecule has 0 aliphatic rings. The molecule has 0 saturated carbocycles. The Labute approximate surface area is 106 Å². The van der Waals surface area contributed by atoms with E-state index >= 15 is 0 Å². The fourth-order valence-electron chi connectivity index (χ4n) is 1.35. The summed E-state index contributed by atoms with van der Waals surface area (Å²) in [5.74, 6) is -1.01. The number of benzene rings is 1. The van der Waals surface area contributed by atoms with Crippen molar-refractivity contribution in [1.82, 2.24) is 4.98 Å². The summed E-state index contributed by atoms with van der Waals surface area (Å²) in [6.45, 7) is 0.346. The lowest BCUT2D eigenvalue weighted by Crippen LogP contribution is -2.03. The highest BCUT2D eigenvalue weighted by Crippen LogP contribution is 2.23. The van der Waals surface area contributed by atoms with Gasteiger partial charge in [0.2, 0.25) is 0 Å². The molecule has 2 nitrogen and oxygen atoms in total. The Balaban J connectivity index is 2.12. The third-order valence-corrected chi connectivity index (χ3v) is 2.80. The van der Waals surface area contributed by atoms with Crippen molar-refractivity contribution >= 4 is 21.6 Å². The Hall–Kier alpha value is -1.49. The number of hydrogen-bond donors (Lipinski definition) is 1. The number of halogens is 3. The lowest BCUT2D eigenvalue weighted by molar-refractivity contribution is 0.596. The van der Waals surface area contributed by atoms with Gasteiger partial charge in [-0.2, -0.15) is 0 Å². The molecule has 1 aromatic carbocycles. The van der Waals surface area contributed by atoms with Crippen molar-refractivity contribution in [2.24, 2.45) is 0 Å². The van der Waals surface area contributed by atoms with Crippen LogP contribution >= 0.6 is 15.9 Å². The first kappa shape index (κ1) is 12.0. The summed E-state index contributed by atoms with van der Waals surface area (Å²) in [4.78, 5) is 4.08. The van der Waals surface area contributed by atoms with Gasteiger partial charge >= 0.3 is 0 Å². The van der Waals surface area contributed by atoms with Crippen LogP contribution in [-0.4, -0.2) is 4.98 Å². The van der Waals surface area contributed by atoms with Gasteiger partial charge in [-0.3, -0.25) is 4.98 Å². The van der Waals surface area contributed by atoms with Crippen LogP contribution in [0.15, 0.2) is 41.0 Å². The van der Waals surface area contributed by atoms with E-state index in [9.17, 15) is 8.78 Å². The highest BCUT2D eigenvalue weighted by molar-refractivity contribution is 9.10. The Morgan fingerprint density at radius 2 is 2.00 bits per heavy atom. The van der Waals surface area contributed by atoms with Crippen LogP contribution in [0.5, 0.6) is 0 Å². The topological polar surface area (TPSA) is 24.9 Å². The molecule has 0 unspecified atom stereocenters. The predicted octanol–water partition coefficient (Wildman–Crippen LogP) is 3.73. The van der Waals surface area contributed by atoms with Crippen molar-refractivity contribution in [3.05, 3.63) is 58.3 Å². The summed E-state index contributed by atoms with van der Waals surface area (Å²) in [6, 6.07) is 7.64. The number of rotatable bonds is 3. The molecule has 0 aliphatic heterocycles. The fourth-order valence-corrected chi connectivity index (χ4v) is 1.66.